The van der Waals surface area contributed by atoms with Gasteiger partial charge < -0.3 is 10.4 Å². The molecule has 0 aliphatic heterocycles. The first-order chi connectivity index (χ1) is 8.81. The maximum atomic E-state index is 8.96. The normalized spacial score (nSPS) is 10.6. The van der Waals surface area contributed by atoms with Gasteiger partial charge in [0.15, 0.2) is 4.34 Å². The van der Waals surface area contributed by atoms with E-state index in [0.717, 1.165) is 27.3 Å². The van der Waals surface area contributed by atoms with E-state index in [0.29, 0.717) is 0 Å². The topological polar surface area (TPSA) is 58.0 Å². The molecular formula is C12H15N3OS2. The van der Waals surface area contributed by atoms with Crippen LogP contribution in [0.3, 0.4) is 0 Å². The molecule has 0 aliphatic rings. The molecule has 4 nitrogen and oxygen atoms in total. The molecule has 0 bridgehead atoms. The molecule has 6 heteroatoms. The van der Waals surface area contributed by atoms with Crippen LogP contribution in [0.4, 0.5) is 5.13 Å². The third kappa shape index (κ3) is 3.69. The molecular weight excluding hydrogens is 266 g/mol. The Kier molecular flexibility index (Phi) is 4.98. The summed E-state index contributed by atoms with van der Waals surface area (Å²) < 4.78 is 0.970. The number of thioether (sulfide) groups is 1. The number of benzene rings is 1. The third-order valence-corrected chi connectivity index (χ3v) is 4.39. The van der Waals surface area contributed by atoms with Crippen LogP contribution in [0.25, 0.3) is 0 Å². The monoisotopic (exact) mass is 281 g/mol. The van der Waals surface area contributed by atoms with Crippen LogP contribution in [-0.2, 0) is 12.4 Å². The molecule has 0 atom stereocenters. The maximum absolute atomic E-state index is 8.96. The summed E-state index contributed by atoms with van der Waals surface area (Å²) in [6.45, 7) is 2.99. The molecule has 0 aliphatic carbocycles. The highest BCUT2D eigenvalue weighted by atomic mass is 32.2. The van der Waals surface area contributed by atoms with Gasteiger partial charge in [-0.1, -0.05) is 47.4 Å². The van der Waals surface area contributed by atoms with Crippen molar-refractivity contribution >= 4 is 28.2 Å². The van der Waals surface area contributed by atoms with Crippen LogP contribution in [-0.4, -0.2) is 21.8 Å². The van der Waals surface area contributed by atoms with Crippen molar-refractivity contribution in [3.05, 3.63) is 35.4 Å². The van der Waals surface area contributed by atoms with Crippen LogP contribution in [0.15, 0.2) is 28.6 Å². The lowest BCUT2D eigenvalue weighted by Gasteiger charge is -2.00. The van der Waals surface area contributed by atoms with Crippen LogP contribution in [0, 0.1) is 0 Å². The van der Waals surface area contributed by atoms with Crippen molar-refractivity contribution in [3.8, 4) is 0 Å². The SMILES string of the molecule is CCNc1nnc(SCc2ccc(CO)cc2)s1. The van der Waals surface area contributed by atoms with E-state index in [1.54, 1.807) is 23.1 Å². The highest BCUT2D eigenvalue weighted by Gasteiger charge is 2.04. The number of aliphatic hydroxyl groups excluding tert-OH is 1. The fourth-order valence-corrected chi connectivity index (χ4v) is 3.15. The molecule has 18 heavy (non-hydrogen) atoms. The van der Waals surface area contributed by atoms with Crippen LogP contribution in [0.5, 0.6) is 0 Å². The van der Waals surface area contributed by atoms with Crippen molar-refractivity contribution in [1.82, 2.24) is 10.2 Å². The van der Waals surface area contributed by atoms with Crippen LogP contribution >= 0.6 is 23.1 Å². The van der Waals surface area contributed by atoms with E-state index in [2.05, 4.69) is 15.5 Å². The molecule has 0 radical (unpaired) electrons. The first-order valence-corrected chi connectivity index (χ1v) is 7.51. The van der Waals surface area contributed by atoms with E-state index >= 15 is 0 Å². The van der Waals surface area contributed by atoms with E-state index in [4.69, 9.17) is 5.11 Å². The van der Waals surface area contributed by atoms with Gasteiger partial charge in [0.05, 0.1) is 6.61 Å². The maximum Gasteiger partial charge on any atom is 0.206 e. The predicted molar refractivity (Wildman–Crippen MR) is 76.0 cm³/mol. The van der Waals surface area contributed by atoms with E-state index in [1.165, 1.54) is 5.56 Å². The van der Waals surface area contributed by atoms with Crippen molar-refractivity contribution in [2.24, 2.45) is 0 Å². The Bertz CT molecular complexity index is 484. The molecule has 0 spiro atoms. The minimum Gasteiger partial charge on any atom is -0.392 e. The standard InChI is InChI=1S/C12H15N3OS2/c1-2-13-11-14-15-12(18-11)17-8-10-5-3-9(7-16)4-6-10/h3-6,16H,2,7-8H2,1H3,(H,13,14). The average Bonchev–Trinajstić information content (AvgIpc) is 2.85. The summed E-state index contributed by atoms with van der Waals surface area (Å²) >= 11 is 3.25. The highest BCUT2D eigenvalue weighted by Crippen LogP contribution is 2.28. The number of nitrogens with zero attached hydrogens (tertiary/aromatic N) is 2. The van der Waals surface area contributed by atoms with Crippen molar-refractivity contribution in [3.63, 3.8) is 0 Å². The quantitative estimate of drug-likeness (QED) is 0.797. The first-order valence-electron chi connectivity index (χ1n) is 5.70. The Morgan fingerprint density at radius 1 is 1.22 bits per heavy atom. The number of hydrogen-bond donors (Lipinski definition) is 2. The van der Waals surface area contributed by atoms with Crippen molar-refractivity contribution in [2.75, 3.05) is 11.9 Å². The first kappa shape index (κ1) is 13.3. The molecule has 2 N–H and O–H groups in total. The summed E-state index contributed by atoms with van der Waals surface area (Å²) in [5.41, 5.74) is 2.16. The second kappa shape index (κ2) is 6.72. The van der Waals surface area contributed by atoms with Crippen molar-refractivity contribution < 1.29 is 5.11 Å². The van der Waals surface area contributed by atoms with Gasteiger partial charge in [0.1, 0.15) is 0 Å². The molecule has 1 aromatic heterocycles. The van der Waals surface area contributed by atoms with Crippen LogP contribution in [0.2, 0.25) is 0 Å². The molecule has 0 fully saturated rings. The van der Waals surface area contributed by atoms with Gasteiger partial charge in [-0.25, -0.2) is 0 Å². The Labute approximate surface area is 114 Å². The van der Waals surface area contributed by atoms with Gasteiger partial charge in [-0.3, -0.25) is 0 Å². The Morgan fingerprint density at radius 2 is 1.94 bits per heavy atom. The molecule has 2 rings (SSSR count). The van der Waals surface area contributed by atoms with Gasteiger partial charge in [-0.2, -0.15) is 0 Å². The second-order valence-electron chi connectivity index (χ2n) is 3.67. The summed E-state index contributed by atoms with van der Waals surface area (Å²) in [6.07, 6.45) is 0. The fraction of sp³-hybridized carbons (Fsp3) is 0.333. The van der Waals surface area contributed by atoms with Crippen LogP contribution in [0.1, 0.15) is 18.1 Å². The van der Waals surface area contributed by atoms with E-state index in [-0.39, 0.29) is 6.61 Å². The zero-order valence-corrected chi connectivity index (χ0v) is 11.7. The summed E-state index contributed by atoms with van der Waals surface area (Å²) in [4.78, 5) is 0. The molecule has 1 aromatic carbocycles. The number of anilines is 1. The number of rotatable bonds is 6. The van der Waals surface area contributed by atoms with Gasteiger partial charge in [0.2, 0.25) is 5.13 Å². The van der Waals surface area contributed by atoms with Gasteiger partial charge in [0, 0.05) is 12.3 Å². The van der Waals surface area contributed by atoms with Crippen molar-refractivity contribution in [2.45, 2.75) is 23.6 Å². The zero-order chi connectivity index (χ0) is 12.8. The van der Waals surface area contributed by atoms with E-state index in [1.807, 2.05) is 31.2 Å². The lowest BCUT2D eigenvalue weighted by atomic mass is 10.2. The third-order valence-electron chi connectivity index (χ3n) is 2.30. The van der Waals surface area contributed by atoms with Gasteiger partial charge in [0.25, 0.3) is 0 Å². The molecule has 0 saturated heterocycles. The minimum absolute atomic E-state index is 0.0931. The fourth-order valence-electron chi connectivity index (χ4n) is 1.38. The summed E-state index contributed by atoms with van der Waals surface area (Å²) in [5, 5.41) is 21.1. The Balaban J connectivity index is 1.89. The smallest absolute Gasteiger partial charge is 0.206 e. The van der Waals surface area contributed by atoms with Gasteiger partial charge in [-0.15, -0.1) is 10.2 Å². The number of nitrogens with one attached hydrogen (secondary N) is 1. The zero-order valence-electron chi connectivity index (χ0n) is 10.1. The highest BCUT2D eigenvalue weighted by molar-refractivity contribution is 8.00. The predicted octanol–water partition coefficient (Wildman–Crippen LogP) is 2.75. The Morgan fingerprint density at radius 3 is 2.61 bits per heavy atom. The summed E-state index contributed by atoms with van der Waals surface area (Å²) in [7, 11) is 0. The lowest BCUT2D eigenvalue weighted by molar-refractivity contribution is 0.282. The average molecular weight is 281 g/mol. The Hall–Kier alpha value is -1.11. The molecule has 96 valence electrons. The summed E-state index contributed by atoms with van der Waals surface area (Å²) in [5.74, 6) is 0.868. The molecule has 0 unspecified atom stereocenters. The number of aliphatic hydroxyl groups is 1. The van der Waals surface area contributed by atoms with Crippen molar-refractivity contribution in [1.29, 1.82) is 0 Å². The largest absolute Gasteiger partial charge is 0.392 e. The number of aromatic nitrogens is 2. The van der Waals surface area contributed by atoms with Crippen LogP contribution < -0.4 is 5.32 Å². The van der Waals surface area contributed by atoms with Gasteiger partial charge in [-0.05, 0) is 18.1 Å². The van der Waals surface area contributed by atoms with E-state index in [9.17, 15) is 0 Å². The molecule has 2 aromatic rings. The van der Waals surface area contributed by atoms with E-state index < -0.39 is 0 Å². The lowest BCUT2D eigenvalue weighted by Crippen LogP contribution is -1.94. The van der Waals surface area contributed by atoms with Gasteiger partial charge >= 0.3 is 0 Å². The second-order valence-corrected chi connectivity index (χ2v) is 5.87. The molecule has 0 amide bonds. The number of hydrogen-bond acceptors (Lipinski definition) is 6. The summed E-state index contributed by atoms with van der Waals surface area (Å²) in [6, 6.07) is 7.95. The molecule has 1 heterocycles. The molecule has 0 saturated carbocycles. The minimum atomic E-state index is 0.0931.